The maximum absolute atomic E-state index is 6.33. The van der Waals surface area contributed by atoms with Crippen LogP contribution in [0.25, 0.3) is 0 Å². The molecule has 17 heavy (non-hydrogen) atoms. The zero-order valence-electron chi connectivity index (χ0n) is 11.7. The maximum Gasteiger partial charge on any atom is 0.0729 e. The molecule has 0 radical (unpaired) electrons. The third kappa shape index (κ3) is 3.69. The summed E-state index contributed by atoms with van der Waals surface area (Å²) >= 11 is 0. The van der Waals surface area contributed by atoms with Crippen LogP contribution in [0.3, 0.4) is 0 Å². The Bertz CT molecular complexity index is 251. The van der Waals surface area contributed by atoms with Crippen molar-refractivity contribution in [1.29, 1.82) is 0 Å². The van der Waals surface area contributed by atoms with Gasteiger partial charge in [-0.3, -0.25) is 0 Å². The summed E-state index contributed by atoms with van der Waals surface area (Å²) in [6, 6.07) is 0.282. The molecule has 0 aromatic carbocycles. The lowest BCUT2D eigenvalue weighted by Gasteiger charge is -2.41. The van der Waals surface area contributed by atoms with E-state index in [0.29, 0.717) is 17.6 Å². The minimum absolute atomic E-state index is 0.282. The van der Waals surface area contributed by atoms with Crippen LogP contribution >= 0.6 is 0 Å². The van der Waals surface area contributed by atoms with Crippen LogP contribution in [0.1, 0.15) is 65.7 Å². The van der Waals surface area contributed by atoms with Crippen molar-refractivity contribution in [2.45, 2.75) is 84.0 Å². The Morgan fingerprint density at radius 2 is 1.82 bits per heavy atom. The zero-order valence-corrected chi connectivity index (χ0v) is 11.7. The molecule has 100 valence electrons. The van der Waals surface area contributed by atoms with Crippen LogP contribution in [0, 0.1) is 11.3 Å². The normalized spacial score (nSPS) is 42.4. The Kier molecular flexibility index (Phi) is 4.14. The van der Waals surface area contributed by atoms with E-state index in [1.165, 1.54) is 38.5 Å². The standard InChI is InChI=1S/C15H29NO/c1-11-8-12(10-15(2,3)9-11)17-14-7-5-4-6-13(14)16/h11-14H,4-10,16H2,1-3H3. The predicted molar refractivity (Wildman–Crippen MR) is 71.9 cm³/mol. The molecular formula is C15H29NO. The Balaban J connectivity index is 1.89. The monoisotopic (exact) mass is 239 g/mol. The van der Waals surface area contributed by atoms with Crippen LogP contribution < -0.4 is 5.73 Å². The van der Waals surface area contributed by atoms with Gasteiger partial charge in [0.05, 0.1) is 12.2 Å². The molecule has 2 N–H and O–H groups in total. The molecule has 0 spiro atoms. The van der Waals surface area contributed by atoms with Crippen molar-refractivity contribution in [3.05, 3.63) is 0 Å². The predicted octanol–water partition coefficient (Wildman–Crippen LogP) is 3.49. The van der Waals surface area contributed by atoms with Crippen LogP contribution in [0.4, 0.5) is 0 Å². The van der Waals surface area contributed by atoms with Gasteiger partial charge in [-0.1, -0.05) is 33.6 Å². The number of nitrogens with two attached hydrogens (primary N) is 1. The van der Waals surface area contributed by atoms with Crippen molar-refractivity contribution in [3.63, 3.8) is 0 Å². The van der Waals surface area contributed by atoms with E-state index in [0.717, 1.165) is 12.3 Å². The third-order valence-corrected chi connectivity index (χ3v) is 4.47. The molecule has 0 aromatic rings. The van der Waals surface area contributed by atoms with Crippen LogP contribution in [0.2, 0.25) is 0 Å². The van der Waals surface area contributed by atoms with Crippen molar-refractivity contribution >= 4 is 0 Å². The molecule has 2 fully saturated rings. The molecule has 0 aromatic heterocycles. The second-order valence-corrected chi connectivity index (χ2v) is 7.16. The van der Waals surface area contributed by atoms with Crippen LogP contribution in [0.15, 0.2) is 0 Å². The van der Waals surface area contributed by atoms with E-state index in [-0.39, 0.29) is 6.04 Å². The van der Waals surface area contributed by atoms with Gasteiger partial charge in [0.15, 0.2) is 0 Å². The molecule has 2 nitrogen and oxygen atoms in total. The molecule has 4 atom stereocenters. The van der Waals surface area contributed by atoms with Gasteiger partial charge in [0.2, 0.25) is 0 Å². The number of rotatable bonds is 2. The summed E-state index contributed by atoms with van der Waals surface area (Å²) in [6.45, 7) is 7.11. The topological polar surface area (TPSA) is 35.2 Å². The third-order valence-electron chi connectivity index (χ3n) is 4.47. The van der Waals surface area contributed by atoms with E-state index in [4.69, 9.17) is 10.5 Å². The molecule has 2 heteroatoms. The summed E-state index contributed by atoms with van der Waals surface area (Å²) in [5, 5.41) is 0. The highest BCUT2D eigenvalue weighted by atomic mass is 16.5. The largest absolute Gasteiger partial charge is 0.373 e. The Hall–Kier alpha value is -0.0800. The van der Waals surface area contributed by atoms with Crippen LogP contribution in [0.5, 0.6) is 0 Å². The molecule has 2 saturated carbocycles. The molecule has 0 heterocycles. The van der Waals surface area contributed by atoms with Gasteiger partial charge >= 0.3 is 0 Å². The van der Waals surface area contributed by atoms with E-state index in [1.807, 2.05) is 0 Å². The molecule has 2 aliphatic carbocycles. The summed E-state index contributed by atoms with van der Waals surface area (Å²) in [5.74, 6) is 0.795. The maximum atomic E-state index is 6.33. The molecule has 2 rings (SSSR count). The Labute approximate surface area is 106 Å². The van der Waals surface area contributed by atoms with Crippen molar-refractivity contribution in [1.82, 2.24) is 0 Å². The first-order valence-electron chi connectivity index (χ1n) is 7.37. The molecule has 0 bridgehead atoms. The molecule has 0 saturated heterocycles. The zero-order chi connectivity index (χ0) is 12.5. The second kappa shape index (κ2) is 5.27. The van der Waals surface area contributed by atoms with Crippen molar-refractivity contribution < 1.29 is 4.74 Å². The van der Waals surface area contributed by atoms with Gasteiger partial charge in [0.25, 0.3) is 0 Å². The van der Waals surface area contributed by atoms with E-state index in [9.17, 15) is 0 Å². The Morgan fingerprint density at radius 1 is 1.12 bits per heavy atom. The van der Waals surface area contributed by atoms with Gasteiger partial charge in [0, 0.05) is 6.04 Å². The van der Waals surface area contributed by atoms with Crippen LogP contribution in [-0.4, -0.2) is 18.2 Å². The summed E-state index contributed by atoms with van der Waals surface area (Å²) in [5.41, 5.74) is 6.62. The fraction of sp³-hybridized carbons (Fsp3) is 1.00. The first-order valence-corrected chi connectivity index (χ1v) is 7.37. The fourth-order valence-electron chi connectivity index (χ4n) is 3.90. The number of hydrogen-bond donors (Lipinski definition) is 1. The summed E-state index contributed by atoms with van der Waals surface area (Å²) in [7, 11) is 0. The number of ether oxygens (including phenoxy) is 1. The lowest BCUT2D eigenvalue weighted by molar-refractivity contribution is -0.0829. The van der Waals surface area contributed by atoms with E-state index >= 15 is 0 Å². The van der Waals surface area contributed by atoms with E-state index in [1.54, 1.807) is 0 Å². The van der Waals surface area contributed by atoms with Crippen molar-refractivity contribution in [2.24, 2.45) is 17.1 Å². The fourth-order valence-corrected chi connectivity index (χ4v) is 3.90. The van der Waals surface area contributed by atoms with Gasteiger partial charge in [-0.15, -0.1) is 0 Å². The highest BCUT2D eigenvalue weighted by Crippen LogP contribution is 2.40. The molecule has 4 unspecified atom stereocenters. The minimum atomic E-state index is 0.282. The second-order valence-electron chi connectivity index (χ2n) is 7.16. The minimum Gasteiger partial charge on any atom is -0.373 e. The van der Waals surface area contributed by atoms with Gasteiger partial charge in [0.1, 0.15) is 0 Å². The van der Waals surface area contributed by atoms with Gasteiger partial charge in [-0.05, 0) is 43.4 Å². The lowest BCUT2D eigenvalue weighted by Crippen LogP contribution is -2.43. The highest BCUT2D eigenvalue weighted by molar-refractivity contribution is 4.86. The summed E-state index contributed by atoms with van der Waals surface area (Å²) in [6.07, 6.45) is 9.45. The summed E-state index contributed by atoms with van der Waals surface area (Å²) in [4.78, 5) is 0. The quantitative estimate of drug-likeness (QED) is 0.800. The van der Waals surface area contributed by atoms with Crippen LogP contribution in [-0.2, 0) is 4.74 Å². The average Bonchev–Trinajstić information content (AvgIpc) is 2.18. The Morgan fingerprint density at radius 3 is 2.47 bits per heavy atom. The van der Waals surface area contributed by atoms with Crippen molar-refractivity contribution in [2.75, 3.05) is 0 Å². The lowest BCUT2D eigenvalue weighted by atomic mass is 9.71. The molecular weight excluding hydrogens is 210 g/mol. The smallest absolute Gasteiger partial charge is 0.0729 e. The molecule has 0 aliphatic heterocycles. The molecule has 0 amide bonds. The van der Waals surface area contributed by atoms with E-state index in [2.05, 4.69) is 20.8 Å². The van der Waals surface area contributed by atoms with Crippen molar-refractivity contribution in [3.8, 4) is 0 Å². The van der Waals surface area contributed by atoms with Gasteiger partial charge in [-0.25, -0.2) is 0 Å². The first kappa shape index (κ1) is 13.4. The average molecular weight is 239 g/mol. The van der Waals surface area contributed by atoms with Gasteiger partial charge < -0.3 is 10.5 Å². The molecule has 2 aliphatic rings. The van der Waals surface area contributed by atoms with E-state index < -0.39 is 0 Å². The SMILES string of the molecule is CC1CC(OC2CCCCC2N)CC(C)(C)C1. The van der Waals surface area contributed by atoms with Gasteiger partial charge in [-0.2, -0.15) is 0 Å². The number of hydrogen-bond acceptors (Lipinski definition) is 2. The summed E-state index contributed by atoms with van der Waals surface area (Å²) < 4.78 is 6.33. The first-order chi connectivity index (χ1) is 7.96. The highest BCUT2D eigenvalue weighted by Gasteiger charge is 2.35.